The van der Waals surface area contributed by atoms with Crippen LogP contribution in [0, 0.1) is 0 Å². The minimum atomic E-state index is -0.538. The fraction of sp³-hybridized carbons (Fsp3) is 0.238. The van der Waals surface area contributed by atoms with Crippen LogP contribution in [0.3, 0.4) is 0 Å². The topological polar surface area (TPSA) is 65.4 Å². The van der Waals surface area contributed by atoms with Crippen LogP contribution in [0.25, 0.3) is 5.69 Å². The maximum absolute atomic E-state index is 12.5. The highest BCUT2D eigenvalue weighted by Gasteiger charge is 2.18. The summed E-state index contributed by atoms with van der Waals surface area (Å²) in [5.41, 5.74) is 2.04. The summed E-state index contributed by atoms with van der Waals surface area (Å²) in [7, 11) is 1.61. The van der Waals surface area contributed by atoms with E-state index in [1.54, 1.807) is 31.8 Å². The summed E-state index contributed by atoms with van der Waals surface area (Å²) in [6, 6.07) is 15.2. The van der Waals surface area contributed by atoms with Crippen molar-refractivity contribution in [2.24, 2.45) is 0 Å². The molecule has 27 heavy (non-hydrogen) atoms. The van der Waals surface area contributed by atoms with Gasteiger partial charge in [0.15, 0.2) is 6.10 Å². The first kappa shape index (κ1) is 18.5. The fourth-order valence-electron chi connectivity index (χ4n) is 2.64. The highest BCUT2D eigenvalue weighted by Crippen LogP contribution is 2.19. The number of methoxy groups -OCH3 is 1. The number of nitrogens with one attached hydrogen (secondary N) is 1. The second-order valence-corrected chi connectivity index (χ2v) is 6.04. The lowest BCUT2D eigenvalue weighted by atomic mass is 10.2. The minimum absolute atomic E-state index is 0.132. The Kier molecular flexibility index (Phi) is 6.10. The normalized spacial score (nSPS) is 11.6. The first-order chi connectivity index (χ1) is 13.2. The van der Waals surface area contributed by atoms with Crippen molar-refractivity contribution < 1.29 is 14.3 Å². The lowest BCUT2D eigenvalue weighted by molar-refractivity contribution is -0.128. The molecule has 0 fully saturated rings. The van der Waals surface area contributed by atoms with Crippen LogP contribution in [-0.4, -0.2) is 28.7 Å². The number of aromatic nitrogens is 2. The molecular formula is C21H23N3O3. The number of hydrogen-bond donors (Lipinski definition) is 1. The standard InChI is InChI=1S/C21H23N3O3/c1-3-20(27-19-10-8-18(26-2)9-11-19)21(25)23-14-16-4-6-17(7-5-16)24-13-12-22-15-24/h4-13,15,20H,3,14H2,1-2H3,(H,23,25)/t20-/m0/s1. The maximum atomic E-state index is 12.5. The monoisotopic (exact) mass is 365 g/mol. The van der Waals surface area contributed by atoms with Crippen LogP contribution in [0.1, 0.15) is 18.9 Å². The van der Waals surface area contributed by atoms with Gasteiger partial charge in [-0.3, -0.25) is 4.79 Å². The van der Waals surface area contributed by atoms with Crippen molar-refractivity contribution >= 4 is 5.91 Å². The van der Waals surface area contributed by atoms with Gasteiger partial charge in [-0.05, 0) is 48.4 Å². The SMILES string of the molecule is CC[C@H](Oc1ccc(OC)cc1)C(=O)NCc1ccc(-n2ccnc2)cc1. The molecule has 0 radical (unpaired) electrons. The van der Waals surface area contributed by atoms with Gasteiger partial charge in [-0.1, -0.05) is 19.1 Å². The molecule has 3 rings (SSSR count). The summed E-state index contributed by atoms with van der Waals surface area (Å²) in [6.45, 7) is 2.37. The predicted molar refractivity (Wildman–Crippen MR) is 103 cm³/mol. The van der Waals surface area contributed by atoms with Crippen molar-refractivity contribution in [3.63, 3.8) is 0 Å². The summed E-state index contributed by atoms with van der Waals surface area (Å²) in [5, 5.41) is 2.94. The van der Waals surface area contributed by atoms with Crippen LogP contribution in [-0.2, 0) is 11.3 Å². The van der Waals surface area contributed by atoms with Gasteiger partial charge in [-0.2, -0.15) is 0 Å². The Morgan fingerprint density at radius 1 is 1.11 bits per heavy atom. The molecule has 6 heteroatoms. The first-order valence-corrected chi connectivity index (χ1v) is 8.85. The smallest absolute Gasteiger partial charge is 0.261 e. The zero-order valence-electron chi connectivity index (χ0n) is 15.5. The second-order valence-electron chi connectivity index (χ2n) is 6.04. The maximum Gasteiger partial charge on any atom is 0.261 e. The molecule has 6 nitrogen and oxygen atoms in total. The van der Waals surface area contributed by atoms with Gasteiger partial charge in [-0.15, -0.1) is 0 Å². The number of carbonyl (C=O) groups excluding carboxylic acids is 1. The zero-order chi connectivity index (χ0) is 19.1. The largest absolute Gasteiger partial charge is 0.497 e. The molecule has 0 saturated heterocycles. The quantitative estimate of drug-likeness (QED) is 0.665. The van der Waals surface area contributed by atoms with E-state index in [1.807, 2.05) is 54.1 Å². The molecule has 140 valence electrons. The van der Waals surface area contributed by atoms with Gasteiger partial charge in [0.25, 0.3) is 5.91 Å². The molecule has 0 saturated carbocycles. The summed E-state index contributed by atoms with van der Waals surface area (Å²) in [4.78, 5) is 16.5. The van der Waals surface area contributed by atoms with Gasteiger partial charge in [0.2, 0.25) is 0 Å². The van der Waals surface area contributed by atoms with Gasteiger partial charge in [0, 0.05) is 24.6 Å². The lowest BCUT2D eigenvalue weighted by Gasteiger charge is -2.17. The third-order valence-electron chi connectivity index (χ3n) is 4.21. The van der Waals surface area contributed by atoms with Crippen molar-refractivity contribution in [2.45, 2.75) is 26.0 Å². The highest BCUT2D eigenvalue weighted by molar-refractivity contribution is 5.81. The van der Waals surface area contributed by atoms with Crippen LogP contribution in [0.5, 0.6) is 11.5 Å². The van der Waals surface area contributed by atoms with E-state index in [0.29, 0.717) is 18.7 Å². The molecule has 2 aromatic carbocycles. The molecule has 1 aromatic heterocycles. The molecule has 0 aliphatic heterocycles. The molecule has 0 bridgehead atoms. The van der Waals surface area contributed by atoms with Crippen molar-refractivity contribution in [1.82, 2.24) is 14.9 Å². The van der Waals surface area contributed by atoms with Crippen molar-refractivity contribution in [3.8, 4) is 17.2 Å². The third kappa shape index (κ3) is 4.88. The third-order valence-corrected chi connectivity index (χ3v) is 4.21. The fourth-order valence-corrected chi connectivity index (χ4v) is 2.64. The summed E-state index contributed by atoms with van der Waals surface area (Å²) < 4.78 is 12.9. The first-order valence-electron chi connectivity index (χ1n) is 8.85. The van der Waals surface area contributed by atoms with E-state index in [1.165, 1.54) is 0 Å². The van der Waals surface area contributed by atoms with E-state index >= 15 is 0 Å². The van der Waals surface area contributed by atoms with E-state index in [9.17, 15) is 4.79 Å². The van der Waals surface area contributed by atoms with E-state index in [2.05, 4.69) is 10.3 Å². The van der Waals surface area contributed by atoms with Crippen molar-refractivity contribution in [1.29, 1.82) is 0 Å². The van der Waals surface area contributed by atoms with E-state index < -0.39 is 6.10 Å². The Labute approximate surface area is 158 Å². The zero-order valence-corrected chi connectivity index (χ0v) is 15.5. The number of ether oxygens (including phenoxy) is 2. The Morgan fingerprint density at radius 3 is 2.41 bits per heavy atom. The second kappa shape index (κ2) is 8.89. The molecule has 1 heterocycles. The number of carbonyl (C=O) groups is 1. The average Bonchev–Trinajstić information content (AvgIpc) is 3.26. The van der Waals surface area contributed by atoms with Gasteiger partial charge in [0.05, 0.1) is 13.4 Å². The number of rotatable bonds is 8. The van der Waals surface area contributed by atoms with E-state index in [-0.39, 0.29) is 5.91 Å². The van der Waals surface area contributed by atoms with Crippen molar-refractivity contribution in [3.05, 3.63) is 72.8 Å². The van der Waals surface area contributed by atoms with Crippen LogP contribution < -0.4 is 14.8 Å². The van der Waals surface area contributed by atoms with Crippen LogP contribution in [0.15, 0.2) is 67.3 Å². The minimum Gasteiger partial charge on any atom is -0.497 e. The van der Waals surface area contributed by atoms with Crippen LogP contribution in [0.4, 0.5) is 0 Å². The van der Waals surface area contributed by atoms with Crippen LogP contribution >= 0.6 is 0 Å². The number of benzene rings is 2. The molecule has 3 aromatic rings. The van der Waals surface area contributed by atoms with E-state index in [0.717, 1.165) is 17.0 Å². The lowest BCUT2D eigenvalue weighted by Crippen LogP contribution is -2.37. The summed E-state index contributed by atoms with van der Waals surface area (Å²) >= 11 is 0. The van der Waals surface area contributed by atoms with Crippen LogP contribution in [0.2, 0.25) is 0 Å². The molecule has 1 atom stereocenters. The number of imidazole rings is 1. The molecular weight excluding hydrogens is 342 g/mol. The highest BCUT2D eigenvalue weighted by atomic mass is 16.5. The van der Waals surface area contributed by atoms with E-state index in [4.69, 9.17) is 9.47 Å². The van der Waals surface area contributed by atoms with Gasteiger partial charge < -0.3 is 19.4 Å². The molecule has 0 aliphatic carbocycles. The molecule has 1 N–H and O–H groups in total. The van der Waals surface area contributed by atoms with Gasteiger partial charge >= 0.3 is 0 Å². The Morgan fingerprint density at radius 2 is 1.81 bits per heavy atom. The molecule has 0 unspecified atom stereocenters. The predicted octanol–water partition coefficient (Wildman–Crippen LogP) is 3.35. The number of nitrogens with zero attached hydrogens (tertiary/aromatic N) is 2. The van der Waals surface area contributed by atoms with Crippen molar-refractivity contribution in [2.75, 3.05) is 7.11 Å². The average molecular weight is 365 g/mol. The Bertz CT molecular complexity index is 843. The Balaban J connectivity index is 1.54. The summed E-state index contributed by atoms with van der Waals surface area (Å²) in [6.07, 6.45) is 5.42. The molecule has 0 aliphatic rings. The molecule has 0 spiro atoms. The van der Waals surface area contributed by atoms with Gasteiger partial charge in [-0.25, -0.2) is 4.98 Å². The van der Waals surface area contributed by atoms with Gasteiger partial charge in [0.1, 0.15) is 11.5 Å². The molecule has 1 amide bonds. The number of hydrogen-bond acceptors (Lipinski definition) is 4. The Hall–Kier alpha value is -3.28. The summed E-state index contributed by atoms with van der Waals surface area (Å²) in [5.74, 6) is 1.26. The number of amides is 1.